The van der Waals surface area contributed by atoms with Crippen molar-refractivity contribution < 1.29 is 19.4 Å². The lowest BCUT2D eigenvalue weighted by Crippen LogP contribution is -2.13. The molecule has 0 aliphatic carbocycles. The number of para-hydroxylation sites is 1. The second-order valence-electron chi connectivity index (χ2n) is 4.20. The van der Waals surface area contributed by atoms with Gasteiger partial charge in [-0.05, 0) is 24.3 Å². The Hall–Kier alpha value is -2.76. The van der Waals surface area contributed by atoms with Crippen molar-refractivity contribution in [2.45, 2.75) is 6.54 Å². The van der Waals surface area contributed by atoms with Crippen LogP contribution in [0.2, 0.25) is 0 Å². The van der Waals surface area contributed by atoms with E-state index in [1.165, 1.54) is 18.2 Å². The van der Waals surface area contributed by atoms with Crippen LogP contribution in [0.15, 0.2) is 36.4 Å². The van der Waals surface area contributed by atoms with Crippen LogP contribution in [0.3, 0.4) is 0 Å². The molecule has 2 aromatic carbocycles. The molecular weight excluding hydrogens is 263 g/mol. The quantitative estimate of drug-likeness (QED) is 0.642. The number of phenols is 2. The highest BCUT2D eigenvalue weighted by Crippen LogP contribution is 2.28. The molecule has 2 aromatic rings. The zero-order valence-electron chi connectivity index (χ0n) is 10.4. The van der Waals surface area contributed by atoms with E-state index in [9.17, 15) is 19.4 Å². The van der Waals surface area contributed by atoms with Crippen LogP contribution >= 0.6 is 0 Å². The van der Waals surface area contributed by atoms with E-state index in [-0.39, 0.29) is 23.6 Å². The number of hydrogen-bond acceptors (Lipinski definition) is 4. The van der Waals surface area contributed by atoms with Crippen LogP contribution in [0.25, 0.3) is 0 Å². The fourth-order valence-electron chi connectivity index (χ4n) is 1.74. The van der Waals surface area contributed by atoms with Crippen LogP contribution in [0.4, 0.5) is 10.1 Å². The SMILES string of the molecule is NC(=O)c1cc(NCc2cccc(O)c2O)ccc1F. The van der Waals surface area contributed by atoms with E-state index < -0.39 is 11.7 Å². The number of rotatable bonds is 4. The fraction of sp³-hybridized carbons (Fsp3) is 0.0714. The van der Waals surface area contributed by atoms with Gasteiger partial charge in [0, 0.05) is 17.8 Å². The normalized spacial score (nSPS) is 10.2. The van der Waals surface area contributed by atoms with Crippen LogP contribution < -0.4 is 11.1 Å². The summed E-state index contributed by atoms with van der Waals surface area (Å²) >= 11 is 0. The summed E-state index contributed by atoms with van der Waals surface area (Å²) < 4.78 is 13.3. The fourth-order valence-corrected chi connectivity index (χ4v) is 1.74. The molecule has 0 heterocycles. The van der Waals surface area contributed by atoms with Gasteiger partial charge in [0.2, 0.25) is 0 Å². The smallest absolute Gasteiger partial charge is 0.251 e. The molecule has 0 aromatic heterocycles. The van der Waals surface area contributed by atoms with Crippen LogP contribution in [0.1, 0.15) is 15.9 Å². The maximum Gasteiger partial charge on any atom is 0.251 e. The molecule has 0 fully saturated rings. The van der Waals surface area contributed by atoms with Crippen molar-refractivity contribution in [3.8, 4) is 11.5 Å². The molecular formula is C14H13FN2O3. The maximum absolute atomic E-state index is 13.3. The lowest BCUT2D eigenvalue weighted by atomic mass is 10.1. The number of amides is 1. The van der Waals surface area contributed by atoms with Gasteiger partial charge in [0.1, 0.15) is 5.82 Å². The first-order chi connectivity index (χ1) is 9.49. The average Bonchev–Trinajstić information content (AvgIpc) is 2.41. The Bertz CT molecular complexity index is 659. The predicted octanol–water partition coefficient (Wildman–Crippen LogP) is 1.95. The van der Waals surface area contributed by atoms with E-state index in [2.05, 4.69) is 5.32 Å². The van der Waals surface area contributed by atoms with E-state index >= 15 is 0 Å². The summed E-state index contributed by atoms with van der Waals surface area (Å²) in [6.45, 7) is 0.198. The number of carbonyl (C=O) groups excluding carboxylic acids is 1. The lowest BCUT2D eigenvalue weighted by Gasteiger charge is -2.10. The van der Waals surface area contributed by atoms with Crippen molar-refractivity contribution in [1.82, 2.24) is 0 Å². The minimum atomic E-state index is -0.855. The predicted molar refractivity (Wildman–Crippen MR) is 72.0 cm³/mol. The van der Waals surface area contributed by atoms with Gasteiger partial charge in [-0.2, -0.15) is 0 Å². The standard InChI is InChI=1S/C14H13FN2O3/c15-11-5-4-9(6-10(11)14(16)20)17-7-8-2-1-3-12(18)13(8)19/h1-6,17-19H,7H2,(H2,16,20). The van der Waals surface area contributed by atoms with Crippen molar-refractivity contribution in [3.05, 3.63) is 53.3 Å². The third-order valence-corrected chi connectivity index (χ3v) is 2.81. The number of nitrogens with one attached hydrogen (secondary N) is 1. The number of halogens is 1. The summed E-state index contributed by atoms with van der Waals surface area (Å²) in [6.07, 6.45) is 0. The van der Waals surface area contributed by atoms with E-state index in [1.54, 1.807) is 12.1 Å². The topological polar surface area (TPSA) is 95.6 Å². The van der Waals surface area contributed by atoms with Gasteiger partial charge in [0.15, 0.2) is 11.5 Å². The number of anilines is 1. The van der Waals surface area contributed by atoms with Gasteiger partial charge < -0.3 is 21.3 Å². The third-order valence-electron chi connectivity index (χ3n) is 2.81. The molecule has 0 spiro atoms. The second-order valence-corrected chi connectivity index (χ2v) is 4.20. The molecule has 1 amide bonds. The summed E-state index contributed by atoms with van der Waals surface area (Å²) in [5.41, 5.74) is 5.78. The van der Waals surface area contributed by atoms with Gasteiger partial charge in [-0.15, -0.1) is 0 Å². The second kappa shape index (κ2) is 5.48. The minimum absolute atomic E-state index is 0.198. The molecule has 104 valence electrons. The van der Waals surface area contributed by atoms with E-state index in [4.69, 9.17) is 5.73 Å². The van der Waals surface area contributed by atoms with Gasteiger partial charge >= 0.3 is 0 Å². The number of nitrogens with two attached hydrogens (primary N) is 1. The molecule has 0 bridgehead atoms. The summed E-state index contributed by atoms with van der Waals surface area (Å²) in [7, 11) is 0. The molecule has 0 aliphatic heterocycles. The zero-order valence-corrected chi connectivity index (χ0v) is 10.4. The molecule has 0 aliphatic rings. The monoisotopic (exact) mass is 276 g/mol. The van der Waals surface area contributed by atoms with Crippen molar-refractivity contribution in [2.24, 2.45) is 5.73 Å². The molecule has 2 rings (SSSR count). The zero-order chi connectivity index (χ0) is 14.7. The highest BCUT2D eigenvalue weighted by molar-refractivity contribution is 5.94. The van der Waals surface area contributed by atoms with Crippen LogP contribution in [0, 0.1) is 5.82 Å². The Morgan fingerprint density at radius 2 is 2.00 bits per heavy atom. The van der Waals surface area contributed by atoms with E-state index in [1.807, 2.05) is 0 Å². The van der Waals surface area contributed by atoms with Crippen LogP contribution in [0.5, 0.6) is 11.5 Å². The number of phenolic OH excluding ortho intramolecular Hbond substituents is 2. The van der Waals surface area contributed by atoms with Crippen LogP contribution in [-0.4, -0.2) is 16.1 Å². The Morgan fingerprint density at radius 1 is 1.25 bits per heavy atom. The lowest BCUT2D eigenvalue weighted by molar-refractivity contribution is 0.0996. The molecule has 6 heteroatoms. The first-order valence-electron chi connectivity index (χ1n) is 5.82. The third kappa shape index (κ3) is 2.80. The van der Waals surface area contributed by atoms with Crippen molar-refractivity contribution >= 4 is 11.6 Å². The number of aromatic hydroxyl groups is 2. The average molecular weight is 276 g/mol. The molecule has 5 N–H and O–H groups in total. The number of carbonyl (C=O) groups is 1. The molecule has 0 atom stereocenters. The summed E-state index contributed by atoms with van der Waals surface area (Å²) in [6, 6.07) is 8.44. The van der Waals surface area contributed by atoms with Gasteiger partial charge in [0.25, 0.3) is 5.91 Å². The Labute approximate surface area is 114 Å². The van der Waals surface area contributed by atoms with Crippen molar-refractivity contribution in [1.29, 1.82) is 0 Å². The van der Waals surface area contributed by atoms with Crippen molar-refractivity contribution in [2.75, 3.05) is 5.32 Å². The molecule has 5 nitrogen and oxygen atoms in total. The van der Waals surface area contributed by atoms with E-state index in [0.29, 0.717) is 11.3 Å². The molecule has 0 saturated carbocycles. The Morgan fingerprint density at radius 3 is 2.70 bits per heavy atom. The summed E-state index contributed by atoms with van der Waals surface area (Å²) in [5, 5.41) is 21.9. The number of hydrogen-bond donors (Lipinski definition) is 4. The van der Waals surface area contributed by atoms with Gasteiger partial charge in [-0.25, -0.2) is 4.39 Å². The number of primary amides is 1. The van der Waals surface area contributed by atoms with Crippen LogP contribution in [-0.2, 0) is 6.54 Å². The maximum atomic E-state index is 13.3. The van der Waals surface area contributed by atoms with Gasteiger partial charge in [-0.1, -0.05) is 12.1 Å². The summed E-state index contributed by atoms with van der Waals surface area (Å²) in [5.74, 6) is -1.99. The highest BCUT2D eigenvalue weighted by atomic mass is 19.1. The number of benzene rings is 2. The Kier molecular flexibility index (Phi) is 3.74. The van der Waals surface area contributed by atoms with E-state index in [0.717, 1.165) is 6.07 Å². The first kappa shape index (κ1) is 13.7. The van der Waals surface area contributed by atoms with Crippen molar-refractivity contribution in [3.63, 3.8) is 0 Å². The summed E-state index contributed by atoms with van der Waals surface area (Å²) in [4.78, 5) is 11.0. The first-order valence-corrected chi connectivity index (χ1v) is 5.82. The molecule has 0 saturated heterocycles. The Balaban J connectivity index is 2.17. The van der Waals surface area contributed by atoms with Gasteiger partial charge in [0.05, 0.1) is 5.56 Å². The molecule has 0 unspecified atom stereocenters. The molecule has 20 heavy (non-hydrogen) atoms. The minimum Gasteiger partial charge on any atom is -0.504 e. The largest absolute Gasteiger partial charge is 0.504 e. The van der Waals surface area contributed by atoms with Gasteiger partial charge in [-0.3, -0.25) is 4.79 Å². The highest BCUT2D eigenvalue weighted by Gasteiger charge is 2.10. The molecule has 0 radical (unpaired) electrons.